The lowest BCUT2D eigenvalue weighted by Gasteiger charge is -2.35. The van der Waals surface area contributed by atoms with Gasteiger partial charge in [0, 0.05) is 31.9 Å². The van der Waals surface area contributed by atoms with Crippen molar-refractivity contribution in [1.29, 1.82) is 0 Å². The molecule has 0 amide bonds. The van der Waals surface area contributed by atoms with Gasteiger partial charge in [0.15, 0.2) is 0 Å². The van der Waals surface area contributed by atoms with Crippen molar-refractivity contribution in [2.45, 2.75) is 52.7 Å². The maximum atomic E-state index is 4.20. The van der Waals surface area contributed by atoms with Gasteiger partial charge in [-0.15, -0.1) is 0 Å². The highest BCUT2D eigenvalue weighted by atomic mass is 15.2. The molecule has 2 rings (SSSR count). The first-order valence-electron chi connectivity index (χ1n) is 7.64. The van der Waals surface area contributed by atoms with E-state index in [0.29, 0.717) is 6.04 Å². The minimum Gasteiger partial charge on any atom is -0.334 e. The Hall–Kier alpha value is -0.870. The number of imidazole rings is 1. The van der Waals surface area contributed by atoms with Gasteiger partial charge in [-0.2, -0.15) is 0 Å². The zero-order valence-electron chi connectivity index (χ0n) is 12.6. The number of hydrogen-bond donors (Lipinski definition) is 1. The Bertz CT molecular complexity index is 366. The number of hydrogen-bond acceptors (Lipinski definition) is 3. The summed E-state index contributed by atoms with van der Waals surface area (Å²) in [7, 11) is 0. The molecule has 2 heterocycles. The van der Waals surface area contributed by atoms with Crippen LogP contribution in [0.1, 0.15) is 39.3 Å². The topological polar surface area (TPSA) is 33.1 Å². The third kappa shape index (κ3) is 4.05. The molecule has 19 heavy (non-hydrogen) atoms. The fourth-order valence-electron chi connectivity index (χ4n) is 2.79. The van der Waals surface area contributed by atoms with Crippen LogP contribution in [0.5, 0.6) is 0 Å². The van der Waals surface area contributed by atoms with Crippen LogP contribution >= 0.6 is 0 Å². The van der Waals surface area contributed by atoms with Crippen LogP contribution in [0.25, 0.3) is 0 Å². The first-order valence-corrected chi connectivity index (χ1v) is 7.64. The van der Waals surface area contributed by atoms with Crippen molar-refractivity contribution >= 4 is 0 Å². The van der Waals surface area contributed by atoms with E-state index >= 15 is 0 Å². The molecule has 0 radical (unpaired) electrons. The lowest BCUT2D eigenvalue weighted by atomic mass is 9.98. The van der Waals surface area contributed by atoms with Gasteiger partial charge in [-0.3, -0.25) is 4.90 Å². The number of nitrogens with one attached hydrogen (secondary N) is 1. The molecule has 4 nitrogen and oxygen atoms in total. The summed E-state index contributed by atoms with van der Waals surface area (Å²) >= 11 is 0. The fraction of sp³-hybridized carbons (Fsp3) is 0.800. The molecule has 1 aliphatic rings. The van der Waals surface area contributed by atoms with Crippen LogP contribution < -0.4 is 5.32 Å². The first-order chi connectivity index (χ1) is 9.20. The average Bonchev–Trinajstić information content (AvgIpc) is 2.87. The second kappa shape index (κ2) is 7.06. The van der Waals surface area contributed by atoms with E-state index in [0.717, 1.165) is 25.6 Å². The Morgan fingerprint density at radius 2 is 2.16 bits per heavy atom. The number of aryl methyl sites for hydroxylation is 1. The fourth-order valence-corrected chi connectivity index (χ4v) is 2.79. The summed E-state index contributed by atoms with van der Waals surface area (Å²) in [6, 6.07) is 0.630. The molecular formula is C15H28N4. The van der Waals surface area contributed by atoms with E-state index in [1.165, 1.54) is 31.6 Å². The molecule has 1 atom stereocenters. The predicted molar refractivity (Wildman–Crippen MR) is 79.0 cm³/mol. The molecule has 1 saturated heterocycles. The third-order valence-electron chi connectivity index (χ3n) is 4.33. The van der Waals surface area contributed by atoms with Gasteiger partial charge in [0.05, 0.1) is 12.0 Å². The minimum atomic E-state index is 0.630. The van der Waals surface area contributed by atoms with E-state index < -0.39 is 0 Å². The van der Waals surface area contributed by atoms with Crippen molar-refractivity contribution in [1.82, 2.24) is 19.8 Å². The van der Waals surface area contributed by atoms with E-state index in [4.69, 9.17) is 0 Å². The monoisotopic (exact) mass is 264 g/mol. The summed E-state index contributed by atoms with van der Waals surface area (Å²) in [4.78, 5) is 6.82. The van der Waals surface area contributed by atoms with Crippen LogP contribution in [0.15, 0.2) is 12.5 Å². The van der Waals surface area contributed by atoms with Crippen LogP contribution in [-0.4, -0.2) is 40.1 Å². The predicted octanol–water partition coefficient (Wildman–Crippen LogP) is 2.11. The molecule has 0 saturated carbocycles. The number of nitrogens with zero attached hydrogens (tertiary/aromatic N) is 3. The lowest BCUT2D eigenvalue weighted by molar-refractivity contribution is 0.144. The van der Waals surface area contributed by atoms with Crippen LogP contribution in [0.3, 0.4) is 0 Å². The molecule has 1 fully saturated rings. The van der Waals surface area contributed by atoms with Gasteiger partial charge in [0.1, 0.15) is 0 Å². The lowest BCUT2D eigenvalue weighted by Crippen LogP contribution is -2.44. The maximum Gasteiger partial charge on any atom is 0.0948 e. The summed E-state index contributed by atoms with van der Waals surface area (Å²) < 4.78 is 2.19. The molecule has 1 aromatic rings. The standard InChI is InChI=1S/C15H28N4/c1-4-18-12-17-11-15(18)10-16-9-14(3)19-7-5-13(2)6-8-19/h11-14,16H,4-10H2,1-3H3. The molecule has 0 aliphatic carbocycles. The molecule has 1 aromatic heterocycles. The average molecular weight is 264 g/mol. The van der Waals surface area contributed by atoms with E-state index in [-0.39, 0.29) is 0 Å². The van der Waals surface area contributed by atoms with Crippen molar-refractivity contribution in [3.05, 3.63) is 18.2 Å². The van der Waals surface area contributed by atoms with Crippen molar-refractivity contribution in [2.75, 3.05) is 19.6 Å². The molecule has 4 heteroatoms. The largest absolute Gasteiger partial charge is 0.334 e. The number of likely N-dealkylation sites (tertiary alicyclic amines) is 1. The van der Waals surface area contributed by atoms with Gasteiger partial charge < -0.3 is 9.88 Å². The van der Waals surface area contributed by atoms with Gasteiger partial charge in [-0.25, -0.2) is 4.98 Å². The summed E-state index contributed by atoms with van der Waals surface area (Å²) in [5.74, 6) is 0.912. The summed E-state index contributed by atoms with van der Waals surface area (Å²) in [6.07, 6.45) is 6.58. The first kappa shape index (κ1) is 14.5. The Kier molecular flexibility index (Phi) is 5.40. The van der Waals surface area contributed by atoms with Crippen molar-refractivity contribution < 1.29 is 0 Å². The smallest absolute Gasteiger partial charge is 0.0948 e. The van der Waals surface area contributed by atoms with Gasteiger partial charge in [0.25, 0.3) is 0 Å². The minimum absolute atomic E-state index is 0.630. The highest BCUT2D eigenvalue weighted by Crippen LogP contribution is 2.17. The van der Waals surface area contributed by atoms with E-state index in [1.54, 1.807) is 0 Å². The number of rotatable bonds is 6. The molecule has 1 aliphatic heterocycles. The maximum absolute atomic E-state index is 4.20. The van der Waals surface area contributed by atoms with Crippen molar-refractivity contribution in [3.8, 4) is 0 Å². The van der Waals surface area contributed by atoms with Gasteiger partial charge in [-0.05, 0) is 45.7 Å². The molecule has 1 unspecified atom stereocenters. The zero-order chi connectivity index (χ0) is 13.7. The second-order valence-electron chi connectivity index (χ2n) is 5.87. The normalized spacial score (nSPS) is 19.7. The van der Waals surface area contributed by atoms with E-state index in [9.17, 15) is 0 Å². The van der Waals surface area contributed by atoms with Crippen molar-refractivity contribution in [2.24, 2.45) is 5.92 Å². The summed E-state index contributed by atoms with van der Waals surface area (Å²) in [5.41, 5.74) is 1.28. The Morgan fingerprint density at radius 1 is 1.42 bits per heavy atom. The van der Waals surface area contributed by atoms with Crippen LogP contribution in [-0.2, 0) is 13.1 Å². The Balaban J connectivity index is 1.70. The quantitative estimate of drug-likeness (QED) is 0.854. The van der Waals surface area contributed by atoms with Crippen LogP contribution in [0, 0.1) is 5.92 Å². The highest BCUT2D eigenvalue weighted by molar-refractivity contribution is 4.97. The number of piperidine rings is 1. The number of aromatic nitrogens is 2. The second-order valence-corrected chi connectivity index (χ2v) is 5.87. The third-order valence-corrected chi connectivity index (χ3v) is 4.33. The summed E-state index contributed by atoms with van der Waals surface area (Å²) in [5, 5.41) is 3.57. The van der Waals surface area contributed by atoms with E-state index in [1.807, 2.05) is 12.5 Å². The van der Waals surface area contributed by atoms with Gasteiger partial charge >= 0.3 is 0 Å². The van der Waals surface area contributed by atoms with Crippen molar-refractivity contribution in [3.63, 3.8) is 0 Å². The van der Waals surface area contributed by atoms with Crippen LogP contribution in [0.2, 0.25) is 0 Å². The Morgan fingerprint density at radius 3 is 2.84 bits per heavy atom. The van der Waals surface area contributed by atoms with E-state index in [2.05, 4.69) is 40.5 Å². The van der Waals surface area contributed by atoms with Gasteiger partial charge in [-0.1, -0.05) is 6.92 Å². The highest BCUT2D eigenvalue weighted by Gasteiger charge is 2.19. The molecule has 108 valence electrons. The molecule has 1 N–H and O–H groups in total. The molecular weight excluding hydrogens is 236 g/mol. The Labute approximate surface area is 117 Å². The summed E-state index contributed by atoms with van der Waals surface area (Å²) in [6.45, 7) is 12.4. The molecule has 0 spiro atoms. The van der Waals surface area contributed by atoms with Crippen LogP contribution in [0.4, 0.5) is 0 Å². The van der Waals surface area contributed by atoms with Gasteiger partial charge in [0.2, 0.25) is 0 Å². The zero-order valence-corrected chi connectivity index (χ0v) is 12.6. The SMILES string of the molecule is CCn1cncc1CNCC(C)N1CCC(C)CC1. The molecule has 0 bridgehead atoms. The molecule has 0 aromatic carbocycles.